The average Bonchev–Trinajstić information content (AvgIpc) is 3.37. The van der Waals surface area contributed by atoms with E-state index in [2.05, 4.69) is 36.1 Å². The van der Waals surface area contributed by atoms with Crippen LogP contribution in [0, 0.1) is 13.8 Å². The minimum atomic E-state index is -0.0527. The van der Waals surface area contributed by atoms with Gasteiger partial charge in [0.05, 0.1) is 12.4 Å². The van der Waals surface area contributed by atoms with E-state index >= 15 is 0 Å². The number of anilines is 5. The molecule has 29 heavy (non-hydrogen) atoms. The number of H-pyrrole nitrogens is 1. The summed E-state index contributed by atoms with van der Waals surface area (Å²) in [6, 6.07) is 7.64. The highest BCUT2D eigenvalue weighted by molar-refractivity contribution is 5.91. The first-order chi connectivity index (χ1) is 14.1. The van der Waals surface area contributed by atoms with Gasteiger partial charge in [-0.1, -0.05) is 6.07 Å². The molecule has 0 spiro atoms. The molecule has 3 aromatic rings. The number of aromatic nitrogens is 4. The maximum atomic E-state index is 12.4. The summed E-state index contributed by atoms with van der Waals surface area (Å²) in [5, 5.41) is 16.4. The Kier molecular flexibility index (Phi) is 5.28. The van der Waals surface area contributed by atoms with Crippen LogP contribution in [-0.2, 0) is 0 Å². The first-order valence-electron chi connectivity index (χ1n) is 9.61. The molecule has 1 aromatic carbocycles. The van der Waals surface area contributed by atoms with Gasteiger partial charge in [0.25, 0.3) is 0 Å². The predicted molar refractivity (Wildman–Crippen MR) is 113 cm³/mol. The van der Waals surface area contributed by atoms with Crippen molar-refractivity contribution in [1.29, 1.82) is 0 Å². The highest BCUT2D eigenvalue weighted by atomic mass is 16.2. The highest BCUT2D eigenvalue weighted by Gasteiger charge is 2.18. The van der Waals surface area contributed by atoms with Gasteiger partial charge in [-0.3, -0.25) is 10.1 Å². The van der Waals surface area contributed by atoms with E-state index < -0.39 is 0 Å². The molecular weight excluding hydrogens is 368 g/mol. The van der Waals surface area contributed by atoms with Crippen LogP contribution in [0.2, 0.25) is 0 Å². The van der Waals surface area contributed by atoms with Gasteiger partial charge in [-0.25, -0.2) is 9.78 Å². The SMILES string of the molecule is Cc1cc(Nc2cncc(Nc3ccc(C)c(NC(=O)N4CCCC4)c3)n2)n[nH]1. The quantitative estimate of drug-likeness (QED) is 0.524. The molecule has 0 radical (unpaired) electrons. The molecule has 1 fully saturated rings. The van der Waals surface area contributed by atoms with E-state index in [9.17, 15) is 4.79 Å². The van der Waals surface area contributed by atoms with E-state index in [1.807, 2.05) is 43.0 Å². The Hall–Kier alpha value is -3.62. The van der Waals surface area contributed by atoms with Gasteiger partial charge < -0.3 is 20.9 Å². The fourth-order valence-electron chi connectivity index (χ4n) is 3.20. The summed E-state index contributed by atoms with van der Waals surface area (Å²) in [4.78, 5) is 23.0. The molecule has 3 heterocycles. The highest BCUT2D eigenvalue weighted by Crippen LogP contribution is 2.24. The average molecular weight is 392 g/mol. The molecular formula is C20H24N8O. The van der Waals surface area contributed by atoms with Crippen LogP contribution >= 0.6 is 0 Å². The lowest BCUT2D eigenvalue weighted by Gasteiger charge is -2.18. The molecule has 4 rings (SSSR count). The number of nitrogens with zero attached hydrogens (tertiary/aromatic N) is 4. The number of carbonyl (C=O) groups excluding carboxylic acids is 1. The van der Waals surface area contributed by atoms with Crippen LogP contribution in [0.15, 0.2) is 36.7 Å². The van der Waals surface area contributed by atoms with Gasteiger partial charge >= 0.3 is 6.03 Å². The number of hydrogen-bond acceptors (Lipinski definition) is 6. The van der Waals surface area contributed by atoms with Gasteiger partial charge in [-0.15, -0.1) is 0 Å². The first kappa shape index (κ1) is 18.7. The van der Waals surface area contributed by atoms with Crippen molar-refractivity contribution in [1.82, 2.24) is 25.1 Å². The zero-order valence-electron chi connectivity index (χ0n) is 16.5. The van der Waals surface area contributed by atoms with Gasteiger partial charge in [0.2, 0.25) is 0 Å². The molecule has 0 atom stereocenters. The monoisotopic (exact) mass is 392 g/mol. The lowest BCUT2D eigenvalue weighted by Crippen LogP contribution is -2.32. The maximum Gasteiger partial charge on any atom is 0.321 e. The third-order valence-corrected chi connectivity index (χ3v) is 4.74. The Morgan fingerprint density at radius 2 is 1.79 bits per heavy atom. The maximum absolute atomic E-state index is 12.4. The van der Waals surface area contributed by atoms with Gasteiger partial charge in [-0.05, 0) is 44.4 Å². The lowest BCUT2D eigenvalue weighted by atomic mass is 10.2. The van der Waals surface area contributed by atoms with Gasteiger partial charge in [0, 0.05) is 36.2 Å². The Morgan fingerprint density at radius 3 is 2.52 bits per heavy atom. The molecule has 2 amide bonds. The zero-order valence-corrected chi connectivity index (χ0v) is 16.5. The number of hydrogen-bond donors (Lipinski definition) is 4. The van der Waals surface area contributed by atoms with E-state index in [-0.39, 0.29) is 6.03 Å². The van der Waals surface area contributed by atoms with E-state index in [0.717, 1.165) is 48.6 Å². The second-order valence-electron chi connectivity index (χ2n) is 7.13. The summed E-state index contributed by atoms with van der Waals surface area (Å²) >= 11 is 0. The molecule has 9 heteroatoms. The minimum absolute atomic E-state index is 0.0527. The number of carbonyl (C=O) groups is 1. The largest absolute Gasteiger partial charge is 0.339 e. The molecule has 1 saturated heterocycles. The number of nitrogens with one attached hydrogen (secondary N) is 4. The van der Waals surface area contributed by atoms with Crippen molar-refractivity contribution < 1.29 is 4.79 Å². The normalized spacial score (nSPS) is 13.4. The summed E-state index contributed by atoms with van der Waals surface area (Å²) in [5.74, 6) is 1.84. The van der Waals surface area contributed by atoms with Crippen LogP contribution in [0.3, 0.4) is 0 Å². The molecule has 2 aromatic heterocycles. The van der Waals surface area contributed by atoms with Crippen LogP contribution < -0.4 is 16.0 Å². The van der Waals surface area contributed by atoms with Crippen molar-refractivity contribution >= 4 is 34.9 Å². The van der Waals surface area contributed by atoms with Crippen molar-refractivity contribution in [2.75, 3.05) is 29.0 Å². The molecule has 0 aliphatic carbocycles. The van der Waals surface area contributed by atoms with Crippen molar-refractivity contribution in [3.8, 4) is 0 Å². The van der Waals surface area contributed by atoms with Crippen molar-refractivity contribution in [3.63, 3.8) is 0 Å². The summed E-state index contributed by atoms with van der Waals surface area (Å²) in [6.45, 7) is 5.53. The van der Waals surface area contributed by atoms with Crippen LogP contribution in [0.4, 0.5) is 33.6 Å². The van der Waals surface area contributed by atoms with E-state index in [4.69, 9.17) is 0 Å². The second kappa shape index (κ2) is 8.17. The van der Waals surface area contributed by atoms with Gasteiger partial charge in [0.15, 0.2) is 17.5 Å². The van der Waals surface area contributed by atoms with Gasteiger partial charge in [0.1, 0.15) is 0 Å². The third-order valence-electron chi connectivity index (χ3n) is 4.74. The molecule has 0 unspecified atom stereocenters. The molecule has 1 aliphatic heterocycles. The number of benzene rings is 1. The van der Waals surface area contributed by atoms with Crippen LogP contribution in [0.1, 0.15) is 24.1 Å². The molecule has 4 N–H and O–H groups in total. The standard InChI is InChI=1S/C20H24N8O/c1-13-5-6-15(10-16(13)23-20(29)28-7-3-4-8-28)22-18-11-21-12-19(25-18)24-17-9-14(2)26-27-17/h5-6,9-12H,3-4,7-8H2,1-2H3,(H,23,29)(H3,22,24,25,26,27). The van der Waals surface area contributed by atoms with E-state index in [0.29, 0.717) is 17.5 Å². The Morgan fingerprint density at radius 1 is 1.03 bits per heavy atom. The molecule has 9 nitrogen and oxygen atoms in total. The van der Waals surface area contributed by atoms with Crippen molar-refractivity contribution in [2.45, 2.75) is 26.7 Å². The summed E-state index contributed by atoms with van der Waals surface area (Å²) < 4.78 is 0. The number of rotatable bonds is 5. The molecule has 0 saturated carbocycles. The fraction of sp³-hybridized carbons (Fsp3) is 0.300. The smallest absolute Gasteiger partial charge is 0.321 e. The van der Waals surface area contributed by atoms with Crippen LogP contribution in [0.5, 0.6) is 0 Å². The van der Waals surface area contributed by atoms with E-state index in [1.54, 1.807) is 12.4 Å². The van der Waals surface area contributed by atoms with Crippen LogP contribution in [0.25, 0.3) is 0 Å². The summed E-state index contributed by atoms with van der Waals surface area (Å²) in [7, 11) is 0. The summed E-state index contributed by atoms with van der Waals surface area (Å²) in [5.41, 5.74) is 3.55. The Balaban J connectivity index is 1.46. The van der Waals surface area contributed by atoms with Crippen molar-refractivity contribution in [2.24, 2.45) is 0 Å². The predicted octanol–water partition coefficient (Wildman–Crippen LogP) is 3.93. The number of urea groups is 1. The number of amides is 2. The molecule has 150 valence electrons. The van der Waals surface area contributed by atoms with Crippen LogP contribution in [-0.4, -0.2) is 44.2 Å². The van der Waals surface area contributed by atoms with Gasteiger partial charge in [-0.2, -0.15) is 5.10 Å². The topological polar surface area (TPSA) is 111 Å². The second-order valence-corrected chi connectivity index (χ2v) is 7.13. The Labute approximate surface area is 169 Å². The number of likely N-dealkylation sites (tertiary alicyclic amines) is 1. The minimum Gasteiger partial charge on any atom is -0.339 e. The Bertz CT molecular complexity index is 1010. The van der Waals surface area contributed by atoms with E-state index in [1.165, 1.54) is 0 Å². The summed E-state index contributed by atoms with van der Waals surface area (Å²) in [6.07, 6.45) is 5.40. The number of aromatic amines is 1. The third kappa shape index (κ3) is 4.63. The molecule has 1 aliphatic rings. The zero-order chi connectivity index (χ0) is 20.2. The fourth-order valence-corrected chi connectivity index (χ4v) is 3.20. The van der Waals surface area contributed by atoms with Crippen molar-refractivity contribution in [3.05, 3.63) is 47.9 Å². The first-order valence-corrected chi connectivity index (χ1v) is 9.61. The molecule has 0 bridgehead atoms. The number of aryl methyl sites for hydroxylation is 2. The lowest BCUT2D eigenvalue weighted by molar-refractivity contribution is 0.222.